The van der Waals surface area contributed by atoms with Gasteiger partial charge in [0.05, 0.1) is 0 Å². The van der Waals surface area contributed by atoms with Gasteiger partial charge in [-0.05, 0) is 46.4 Å². The molecular weight excluding hydrogens is 504 g/mol. The summed E-state index contributed by atoms with van der Waals surface area (Å²) in [6.45, 7) is 0. The average molecular weight is 512 g/mol. The van der Waals surface area contributed by atoms with Crippen LogP contribution in [-0.2, 0) is 6.11 Å². The van der Waals surface area contributed by atoms with Gasteiger partial charge < -0.3 is 4.74 Å². The molecule has 9 heteroatoms. The number of hydrogen-bond acceptors (Lipinski definition) is 1. The molecule has 0 saturated carbocycles. The second kappa shape index (κ2) is 7.61. The summed E-state index contributed by atoms with van der Waals surface area (Å²) < 4.78 is 101. The number of ether oxygens (including phenoxy) is 1. The summed E-state index contributed by atoms with van der Waals surface area (Å²) in [7, 11) is 0. The Morgan fingerprint density at radius 3 is 1.86 bits per heavy atom. The van der Waals surface area contributed by atoms with Crippen LogP contribution in [0.4, 0.5) is 30.7 Å². The van der Waals surface area contributed by atoms with Crippen molar-refractivity contribution in [2.45, 2.75) is 6.11 Å². The molecule has 0 aliphatic heterocycles. The van der Waals surface area contributed by atoms with Crippen LogP contribution in [0.25, 0.3) is 11.1 Å². The third kappa shape index (κ3) is 3.94. The minimum absolute atomic E-state index is 0.167. The van der Waals surface area contributed by atoms with Gasteiger partial charge in [-0.2, -0.15) is 8.78 Å². The molecule has 0 spiro atoms. The van der Waals surface area contributed by atoms with E-state index in [1.165, 1.54) is 12.1 Å². The quantitative estimate of drug-likeness (QED) is 0.213. The number of hydrogen-bond donors (Lipinski definition) is 0. The molecular formula is C19H8F7IO. The Balaban J connectivity index is 1.98. The maximum absolute atomic E-state index is 14.4. The van der Waals surface area contributed by atoms with Crippen LogP contribution in [0.5, 0.6) is 5.75 Å². The van der Waals surface area contributed by atoms with E-state index in [2.05, 4.69) is 4.74 Å². The van der Waals surface area contributed by atoms with Crippen molar-refractivity contribution < 1.29 is 35.5 Å². The first-order chi connectivity index (χ1) is 13.1. The summed E-state index contributed by atoms with van der Waals surface area (Å²) in [6, 6.07) is 8.07. The lowest BCUT2D eigenvalue weighted by molar-refractivity contribution is -0.187. The molecule has 0 fully saturated rings. The minimum Gasteiger partial charge on any atom is -0.429 e. The molecule has 0 aromatic heterocycles. The Labute approximate surface area is 167 Å². The van der Waals surface area contributed by atoms with E-state index in [1.807, 2.05) is 22.6 Å². The van der Waals surface area contributed by atoms with Gasteiger partial charge >= 0.3 is 6.11 Å². The van der Waals surface area contributed by atoms with E-state index in [4.69, 9.17) is 0 Å². The van der Waals surface area contributed by atoms with E-state index in [0.717, 1.165) is 9.64 Å². The fourth-order valence-corrected chi connectivity index (χ4v) is 2.78. The Bertz CT molecular complexity index is 1010. The summed E-state index contributed by atoms with van der Waals surface area (Å²) in [5.41, 5.74) is -1.48. The molecule has 3 aromatic carbocycles. The highest BCUT2D eigenvalue weighted by molar-refractivity contribution is 14.1. The van der Waals surface area contributed by atoms with Gasteiger partial charge in [0.25, 0.3) is 0 Å². The lowest BCUT2D eigenvalue weighted by Crippen LogP contribution is -2.24. The first-order valence-electron chi connectivity index (χ1n) is 7.56. The van der Waals surface area contributed by atoms with E-state index in [1.54, 1.807) is 12.1 Å². The fraction of sp³-hybridized carbons (Fsp3) is 0.0526. The summed E-state index contributed by atoms with van der Waals surface area (Å²) in [5.74, 6) is -9.95. The third-order valence-corrected chi connectivity index (χ3v) is 4.47. The van der Waals surface area contributed by atoms with Crippen LogP contribution in [-0.4, -0.2) is 0 Å². The Morgan fingerprint density at radius 2 is 1.29 bits per heavy atom. The van der Waals surface area contributed by atoms with Crippen molar-refractivity contribution in [1.29, 1.82) is 0 Å². The second-order valence-electron chi connectivity index (χ2n) is 5.62. The highest BCUT2D eigenvalue weighted by Crippen LogP contribution is 2.37. The summed E-state index contributed by atoms with van der Waals surface area (Å²) in [4.78, 5) is 0. The van der Waals surface area contributed by atoms with Gasteiger partial charge in [0.15, 0.2) is 29.1 Å². The maximum atomic E-state index is 14.4. The van der Waals surface area contributed by atoms with E-state index in [9.17, 15) is 30.7 Å². The molecule has 0 aliphatic carbocycles. The molecule has 0 atom stereocenters. The lowest BCUT2D eigenvalue weighted by atomic mass is 10.0. The average Bonchev–Trinajstić information content (AvgIpc) is 2.62. The molecule has 3 aromatic rings. The van der Waals surface area contributed by atoms with Crippen LogP contribution in [0.15, 0.2) is 48.5 Å². The van der Waals surface area contributed by atoms with Gasteiger partial charge in [0.2, 0.25) is 0 Å². The molecule has 28 heavy (non-hydrogen) atoms. The van der Waals surface area contributed by atoms with Crippen LogP contribution in [0.3, 0.4) is 0 Å². The maximum Gasteiger partial charge on any atom is 0.429 e. The molecule has 0 amide bonds. The molecule has 1 nitrogen and oxygen atoms in total. The topological polar surface area (TPSA) is 9.23 Å². The largest absolute Gasteiger partial charge is 0.429 e. The number of alkyl halides is 2. The molecule has 146 valence electrons. The van der Waals surface area contributed by atoms with Crippen molar-refractivity contribution in [3.05, 3.63) is 86.8 Å². The molecule has 0 radical (unpaired) electrons. The molecule has 3 rings (SSSR count). The third-order valence-electron chi connectivity index (χ3n) is 3.75. The van der Waals surface area contributed by atoms with Gasteiger partial charge in [-0.25, -0.2) is 22.0 Å². The number of rotatable bonds is 4. The summed E-state index contributed by atoms with van der Waals surface area (Å²) in [6.07, 6.45) is -4.48. The standard InChI is InChI=1S/C19H8F7IO/c20-14-7-11(8-15(21)18(14)24)28-19(25,26)13-6-5-12(16(22)17(13)23)9-1-3-10(27)4-2-9/h1-8H. The zero-order valence-corrected chi connectivity index (χ0v) is 15.7. The lowest BCUT2D eigenvalue weighted by Gasteiger charge is -2.20. The molecule has 0 heterocycles. The molecule has 0 N–H and O–H groups in total. The molecule has 0 unspecified atom stereocenters. The normalized spacial score (nSPS) is 11.6. The van der Waals surface area contributed by atoms with Gasteiger partial charge in [0, 0.05) is 21.3 Å². The van der Waals surface area contributed by atoms with Crippen LogP contribution in [0.1, 0.15) is 5.56 Å². The molecule has 0 bridgehead atoms. The van der Waals surface area contributed by atoms with Crippen molar-refractivity contribution in [1.82, 2.24) is 0 Å². The van der Waals surface area contributed by atoms with Crippen LogP contribution < -0.4 is 4.74 Å². The van der Waals surface area contributed by atoms with Crippen LogP contribution in [0, 0.1) is 32.7 Å². The first kappa shape index (κ1) is 20.4. The Hall–Kier alpha value is -2.30. The SMILES string of the molecule is Fc1cc(OC(F)(F)c2ccc(-c3ccc(I)cc3)c(F)c2F)cc(F)c1F. The number of benzene rings is 3. The zero-order valence-electron chi connectivity index (χ0n) is 13.6. The molecule has 0 saturated heterocycles. The van der Waals surface area contributed by atoms with Crippen molar-refractivity contribution in [3.63, 3.8) is 0 Å². The van der Waals surface area contributed by atoms with Gasteiger partial charge in [-0.1, -0.05) is 18.2 Å². The van der Waals surface area contributed by atoms with Crippen LogP contribution >= 0.6 is 22.6 Å². The second-order valence-corrected chi connectivity index (χ2v) is 6.86. The minimum atomic E-state index is -4.48. The Kier molecular flexibility index (Phi) is 5.55. The highest BCUT2D eigenvalue weighted by Gasteiger charge is 2.39. The summed E-state index contributed by atoms with van der Waals surface area (Å²) >= 11 is 2.00. The van der Waals surface area contributed by atoms with Crippen LogP contribution in [0.2, 0.25) is 0 Å². The van der Waals surface area contributed by atoms with Gasteiger partial charge in [-0.3, -0.25) is 0 Å². The zero-order chi connectivity index (χ0) is 20.6. The van der Waals surface area contributed by atoms with Gasteiger partial charge in [0.1, 0.15) is 11.3 Å². The van der Waals surface area contributed by atoms with Crippen molar-refractivity contribution in [3.8, 4) is 16.9 Å². The van der Waals surface area contributed by atoms with Crippen molar-refractivity contribution >= 4 is 22.6 Å². The van der Waals surface area contributed by atoms with Crippen molar-refractivity contribution in [2.75, 3.05) is 0 Å². The van der Waals surface area contributed by atoms with E-state index >= 15 is 0 Å². The van der Waals surface area contributed by atoms with Crippen molar-refractivity contribution in [2.24, 2.45) is 0 Å². The fourth-order valence-electron chi connectivity index (χ4n) is 2.42. The van der Waals surface area contributed by atoms with Gasteiger partial charge in [-0.15, -0.1) is 0 Å². The smallest absolute Gasteiger partial charge is 0.429 e. The summed E-state index contributed by atoms with van der Waals surface area (Å²) in [5, 5.41) is 0. The highest BCUT2D eigenvalue weighted by atomic mass is 127. The number of halogens is 8. The first-order valence-corrected chi connectivity index (χ1v) is 8.64. The predicted octanol–water partition coefficient (Wildman–Crippen LogP) is 6.78. The van der Waals surface area contributed by atoms with E-state index < -0.39 is 46.5 Å². The van der Waals surface area contributed by atoms with E-state index in [-0.39, 0.29) is 23.3 Å². The predicted molar refractivity (Wildman–Crippen MR) is 95.3 cm³/mol. The monoisotopic (exact) mass is 512 g/mol. The van der Waals surface area contributed by atoms with E-state index in [0.29, 0.717) is 6.07 Å². The molecule has 0 aliphatic rings. The Morgan fingerprint density at radius 1 is 0.714 bits per heavy atom.